The molecule has 0 atom stereocenters. The van der Waals surface area contributed by atoms with E-state index >= 15 is 0 Å². The third kappa shape index (κ3) is 4.23. The van der Waals surface area contributed by atoms with Gasteiger partial charge in [0, 0.05) is 0 Å². The van der Waals surface area contributed by atoms with Crippen LogP contribution in [0.15, 0.2) is 41.3 Å². The van der Waals surface area contributed by atoms with E-state index in [0.717, 1.165) is 24.3 Å². The molecule has 0 fully saturated rings. The van der Waals surface area contributed by atoms with E-state index in [-0.39, 0.29) is 20.0 Å². The van der Waals surface area contributed by atoms with E-state index < -0.39 is 27.5 Å². The Morgan fingerprint density at radius 2 is 1.48 bits per heavy atom. The average Bonchev–Trinajstić information content (AvgIpc) is 2.42. The van der Waals surface area contributed by atoms with Crippen LogP contribution in [-0.4, -0.2) is 8.42 Å². The van der Waals surface area contributed by atoms with E-state index in [4.69, 9.17) is 34.8 Å². The van der Waals surface area contributed by atoms with Crippen molar-refractivity contribution in [3.8, 4) is 0 Å². The number of benzene rings is 2. The van der Waals surface area contributed by atoms with Crippen LogP contribution in [0.3, 0.4) is 0 Å². The first-order valence-electron chi connectivity index (χ1n) is 5.85. The second-order valence-electron chi connectivity index (χ2n) is 4.37. The molecule has 0 saturated heterocycles. The largest absolute Gasteiger partial charge is 0.416 e. The van der Waals surface area contributed by atoms with Crippen LogP contribution < -0.4 is 4.72 Å². The van der Waals surface area contributed by atoms with Gasteiger partial charge >= 0.3 is 6.18 Å². The predicted molar refractivity (Wildman–Crippen MR) is 83.7 cm³/mol. The predicted octanol–water partition coefficient (Wildman–Crippen LogP) is 5.47. The molecule has 0 aliphatic rings. The fourth-order valence-electron chi connectivity index (χ4n) is 1.63. The Hall–Kier alpha value is -1.15. The minimum atomic E-state index is -4.63. The number of alkyl halides is 3. The van der Waals surface area contributed by atoms with E-state index in [2.05, 4.69) is 0 Å². The molecule has 0 aromatic heterocycles. The molecule has 10 heteroatoms. The Morgan fingerprint density at radius 3 is 2.04 bits per heavy atom. The molecule has 0 saturated carbocycles. The fraction of sp³-hybridized carbons (Fsp3) is 0.0769. The summed E-state index contributed by atoms with van der Waals surface area (Å²) in [5, 5.41) is -0.0472. The van der Waals surface area contributed by atoms with Gasteiger partial charge in [0.1, 0.15) is 0 Å². The third-order valence-electron chi connectivity index (χ3n) is 2.74. The van der Waals surface area contributed by atoms with Crippen molar-refractivity contribution in [3.05, 3.63) is 57.0 Å². The van der Waals surface area contributed by atoms with E-state index in [1.165, 1.54) is 6.07 Å². The molecule has 0 aliphatic carbocycles. The molecule has 124 valence electrons. The minimum absolute atomic E-state index is 0.00955. The summed E-state index contributed by atoms with van der Waals surface area (Å²) in [5.41, 5.74) is -1.43. The number of anilines is 1. The normalized spacial score (nSPS) is 12.3. The Labute approximate surface area is 145 Å². The summed E-state index contributed by atoms with van der Waals surface area (Å²) in [4.78, 5) is -0.264. The van der Waals surface area contributed by atoms with Crippen LogP contribution in [0.5, 0.6) is 0 Å². The third-order valence-corrected chi connectivity index (χ3v) is 5.17. The number of sulfonamides is 1. The summed E-state index contributed by atoms with van der Waals surface area (Å²) in [5.74, 6) is 0. The molecule has 0 unspecified atom stereocenters. The Kier molecular flexibility index (Phi) is 5.06. The lowest BCUT2D eigenvalue weighted by molar-refractivity contribution is -0.137. The van der Waals surface area contributed by atoms with E-state index in [1.54, 1.807) is 0 Å². The van der Waals surface area contributed by atoms with Crippen molar-refractivity contribution in [1.29, 1.82) is 0 Å². The molecule has 0 heterocycles. The molecule has 0 aliphatic heterocycles. The second kappa shape index (κ2) is 6.39. The van der Waals surface area contributed by atoms with Gasteiger partial charge in [-0.05, 0) is 36.4 Å². The van der Waals surface area contributed by atoms with Crippen LogP contribution in [0.2, 0.25) is 15.1 Å². The first kappa shape index (κ1) is 18.2. The quantitative estimate of drug-likeness (QED) is 0.738. The van der Waals surface area contributed by atoms with Gasteiger partial charge in [-0.15, -0.1) is 0 Å². The van der Waals surface area contributed by atoms with E-state index in [0.29, 0.717) is 6.07 Å². The SMILES string of the molecule is O=S(=O)(Nc1cc(C(F)(F)F)ccc1Cl)c1ccc(Cl)c(Cl)c1. The topological polar surface area (TPSA) is 46.2 Å². The van der Waals surface area contributed by atoms with Crippen molar-refractivity contribution >= 4 is 50.5 Å². The van der Waals surface area contributed by atoms with E-state index in [1.807, 2.05) is 4.72 Å². The van der Waals surface area contributed by atoms with Crippen LogP contribution in [0.25, 0.3) is 0 Å². The van der Waals surface area contributed by atoms with Crippen molar-refractivity contribution in [3.63, 3.8) is 0 Å². The zero-order chi connectivity index (χ0) is 17.4. The number of halogens is 6. The highest BCUT2D eigenvalue weighted by Crippen LogP contribution is 2.35. The smallest absolute Gasteiger partial charge is 0.278 e. The lowest BCUT2D eigenvalue weighted by atomic mass is 10.2. The molecule has 2 aromatic carbocycles. The lowest BCUT2D eigenvalue weighted by Gasteiger charge is -2.13. The standard InChI is InChI=1S/C13H7Cl3F3NO2S/c14-9-4-2-8(6-11(9)16)23(21,22)20-12-5-7(13(17,18)19)1-3-10(12)15/h1-6,20H. The summed E-state index contributed by atoms with van der Waals surface area (Å²) >= 11 is 17.2. The number of rotatable bonds is 3. The van der Waals surface area contributed by atoms with Gasteiger partial charge in [0.05, 0.1) is 31.2 Å². The highest BCUT2D eigenvalue weighted by molar-refractivity contribution is 7.92. The summed E-state index contributed by atoms with van der Waals surface area (Å²) in [6.45, 7) is 0. The monoisotopic (exact) mass is 403 g/mol. The molecular weight excluding hydrogens is 398 g/mol. The zero-order valence-corrected chi connectivity index (χ0v) is 14.0. The summed E-state index contributed by atoms with van der Waals surface area (Å²) in [6.07, 6.45) is -4.63. The van der Waals surface area contributed by atoms with Crippen molar-refractivity contribution < 1.29 is 21.6 Å². The first-order chi connectivity index (χ1) is 10.5. The average molecular weight is 405 g/mol. The van der Waals surface area contributed by atoms with Gasteiger partial charge in [0.15, 0.2) is 0 Å². The van der Waals surface area contributed by atoms with Gasteiger partial charge in [0.2, 0.25) is 0 Å². The van der Waals surface area contributed by atoms with Crippen molar-refractivity contribution in [2.75, 3.05) is 4.72 Å². The van der Waals surface area contributed by atoms with Crippen LogP contribution in [0, 0.1) is 0 Å². The Morgan fingerprint density at radius 1 is 0.870 bits per heavy atom. The molecule has 0 spiro atoms. The zero-order valence-electron chi connectivity index (χ0n) is 11.0. The Bertz CT molecular complexity index is 854. The Balaban J connectivity index is 2.42. The molecule has 2 aromatic rings. The number of hydrogen-bond acceptors (Lipinski definition) is 2. The molecule has 2 rings (SSSR count). The number of hydrogen-bond donors (Lipinski definition) is 1. The summed E-state index contributed by atoms with van der Waals surface area (Å²) in [6, 6.07) is 5.81. The molecule has 3 nitrogen and oxygen atoms in total. The van der Waals surface area contributed by atoms with Crippen molar-refractivity contribution in [2.24, 2.45) is 0 Å². The molecule has 0 bridgehead atoms. The van der Waals surface area contributed by atoms with Crippen LogP contribution in [-0.2, 0) is 16.2 Å². The maximum atomic E-state index is 12.7. The van der Waals surface area contributed by atoms with Gasteiger partial charge in [-0.2, -0.15) is 13.2 Å². The van der Waals surface area contributed by atoms with Gasteiger partial charge in [-0.1, -0.05) is 34.8 Å². The van der Waals surface area contributed by atoms with Crippen LogP contribution in [0.1, 0.15) is 5.56 Å². The lowest BCUT2D eigenvalue weighted by Crippen LogP contribution is -2.14. The molecule has 0 amide bonds. The minimum Gasteiger partial charge on any atom is -0.278 e. The van der Waals surface area contributed by atoms with Gasteiger partial charge in [-0.25, -0.2) is 8.42 Å². The van der Waals surface area contributed by atoms with Crippen molar-refractivity contribution in [1.82, 2.24) is 0 Å². The molecule has 23 heavy (non-hydrogen) atoms. The van der Waals surface area contributed by atoms with Crippen molar-refractivity contribution in [2.45, 2.75) is 11.1 Å². The summed E-state index contributed by atoms with van der Waals surface area (Å²) < 4.78 is 64.6. The van der Waals surface area contributed by atoms with Crippen LogP contribution in [0.4, 0.5) is 18.9 Å². The second-order valence-corrected chi connectivity index (χ2v) is 7.28. The van der Waals surface area contributed by atoms with Gasteiger partial charge in [-0.3, -0.25) is 4.72 Å². The van der Waals surface area contributed by atoms with Gasteiger partial charge in [0.25, 0.3) is 10.0 Å². The molecule has 0 radical (unpaired) electrons. The number of nitrogens with one attached hydrogen (secondary N) is 1. The molecular formula is C13H7Cl3F3NO2S. The molecule has 1 N–H and O–H groups in total. The maximum Gasteiger partial charge on any atom is 0.416 e. The highest BCUT2D eigenvalue weighted by Gasteiger charge is 2.31. The fourth-order valence-corrected chi connectivity index (χ4v) is 3.31. The van der Waals surface area contributed by atoms with E-state index in [9.17, 15) is 21.6 Å². The highest BCUT2D eigenvalue weighted by atomic mass is 35.5. The summed E-state index contributed by atoms with van der Waals surface area (Å²) in [7, 11) is -4.18. The van der Waals surface area contributed by atoms with Gasteiger partial charge < -0.3 is 0 Å². The van der Waals surface area contributed by atoms with Crippen LogP contribution >= 0.6 is 34.8 Å². The maximum absolute atomic E-state index is 12.7. The first-order valence-corrected chi connectivity index (χ1v) is 8.47.